The summed E-state index contributed by atoms with van der Waals surface area (Å²) in [6.45, 7) is 19.0. The molecule has 0 aliphatic rings. The van der Waals surface area contributed by atoms with Crippen LogP contribution in [0.25, 0.3) is 22.8 Å². The van der Waals surface area contributed by atoms with Gasteiger partial charge in [0.1, 0.15) is 5.75 Å². The lowest BCUT2D eigenvalue weighted by molar-refractivity contribution is 0.419. The molecule has 3 rings (SSSR count). The maximum absolute atomic E-state index is 11.1. The minimum atomic E-state index is -0.215. The van der Waals surface area contributed by atoms with E-state index in [1.807, 2.05) is 6.07 Å². The molecule has 0 bridgehead atoms. The van der Waals surface area contributed by atoms with Crippen LogP contribution in [0.5, 0.6) is 5.75 Å². The van der Waals surface area contributed by atoms with Crippen LogP contribution in [0, 0.1) is 20.8 Å². The fourth-order valence-electron chi connectivity index (χ4n) is 3.77. The SMILES string of the molecule is Cc1cc(C)c(-c2noc(-c3cc(C(C)(C)C)cc(C(C)(C)C)c3O)n2)c(C)c1. The molecule has 29 heavy (non-hydrogen) atoms. The van der Waals surface area contributed by atoms with Gasteiger partial charge in [0.25, 0.3) is 5.89 Å². The van der Waals surface area contributed by atoms with Gasteiger partial charge in [-0.25, -0.2) is 0 Å². The molecule has 0 radical (unpaired) electrons. The molecule has 1 aromatic heterocycles. The number of aromatic nitrogens is 2. The van der Waals surface area contributed by atoms with Gasteiger partial charge in [-0.3, -0.25) is 0 Å². The molecule has 0 atom stereocenters. The molecule has 0 amide bonds. The lowest BCUT2D eigenvalue weighted by atomic mass is 9.79. The predicted octanol–water partition coefficient (Wildman–Crippen LogP) is 6.63. The summed E-state index contributed by atoms with van der Waals surface area (Å²) >= 11 is 0. The molecule has 154 valence electrons. The van der Waals surface area contributed by atoms with Gasteiger partial charge in [0, 0.05) is 11.1 Å². The molecule has 0 fully saturated rings. The van der Waals surface area contributed by atoms with Gasteiger partial charge in [-0.05, 0) is 54.4 Å². The number of benzene rings is 2. The number of aryl methyl sites for hydroxylation is 3. The highest BCUT2D eigenvalue weighted by Gasteiger charge is 2.27. The first kappa shape index (κ1) is 21.1. The molecule has 3 aromatic rings. The smallest absolute Gasteiger partial charge is 0.262 e. The molecule has 2 aromatic carbocycles. The van der Waals surface area contributed by atoms with Crippen LogP contribution in [0.4, 0.5) is 0 Å². The minimum absolute atomic E-state index is 0.0740. The second-order valence-corrected chi connectivity index (χ2v) is 10.1. The highest BCUT2D eigenvalue weighted by atomic mass is 16.5. The molecule has 1 heterocycles. The van der Waals surface area contributed by atoms with Gasteiger partial charge in [-0.1, -0.05) is 70.5 Å². The standard InChI is InChI=1S/C25H32N2O2/c1-14-10-15(2)20(16(3)11-14)22-26-23(29-27-22)18-12-17(24(4,5)6)13-19(21(18)28)25(7,8)9/h10-13,28H,1-9H3. The number of phenolic OH excluding ortho intramolecular Hbond substituents is 1. The van der Waals surface area contributed by atoms with Crippen molar-refractivity contribution in [2.75, 3.05) is 0 Å². The summed E-state index contributed by atoms with van der Waals surface area (Å²) in [7, 11) is 0. The predicted molar refractivity (Wildman–Crippen MR) is 118 cm³/mol. The van der Waals surface area contributed by atoms with Gasteiger partial charge in [0.15, 0.2) is 0 Å². The number of phenols is 1. The van der Waals surface area contributed by atoms with Gasteiger partial charge in [-0.2, -0.15) is 4.98 Å². The monoisotopic (exact) mass is 392 g/mol. The molecule has 1 N–H and O–H groups in total. The Morgan fingerprint density at radius 2 is 1.41 bits per heavy atom. The van der Waals surface area contributed by atoms with Crippen LogP contribution in [0.1, 0.15) is 69.4 Å². The number of hydrogen-bond acceptors (Lipinski definition) is 4. The van der Waals surface area contributed by atoms with E-state index in [0.717, 1.165) is 27.8 Å². The van der Waals surface area contributed by atoms with Crippen molar-refractivity contribution in [2.24, 2.45) is 0 Å². The van der Waals surface area contributed by atoms with Crippen LogP contribution >= 0.6 is 0 Å². The Morgan fingerprint density at radius 1 is 0.828 bits per heavy atom. The van der Waals surface area contributed by atoms with Gasteiger partial charge in [0.05, 0.1) is 5.56 Å². The zero-order valence-corrected chi connectivity index (χ0v) is 19.1. The van der Waals surface area contributed by atoms with Crippen LogP contribution < -0.4 is 0 Å². The van der Waals surface area contributed by atoms with E-state index >= 15 is 0 Å². The van der Waals surface area contributed by atoms with Crippen LogP contribution in [0.3, 0.4) is 0 Å². The maximum atomic E-state index is 11.1. The lowest BCUT2D eigenvalue weighted by Crippen LogP contribution is -2.17. The topological polar surface area (TPSA) is 59.2 Å². The zero-order chi connectivity index (χ0) is 21.7. The van der Waals surface area contributed by atoms with E-state index < -0.39 is 0 Å². The van der Waals surface area contributed by atoms with E-state index in [-0.39, 0.29) is 16.6 Å². The van der Waals surface area contributed by atoms with Crippen molar-refractivity contribution in [3.05, 3.63) is 52.1 Å². The molecular formula is C25H32N2O2. The maximum Gasteiger partial charge on any atom is 0.262 e. The molecule has 0 saturated carbocycles. The van der Waals surface area contributed by atoms with Crippen molar-refractivity contribution < 1.29 is 9.63 Å². The quantitative estimate of drug-likeness (QED) is 0.532. The Labute approximate surface area is 174 Å². The number of nitrogens with zero attached hydrogens (tertiary/aromatic N) is 2. The average Bonchev–Trinajstić information content (AvgIpc) is 3.01. The Hall–Kier alpha value is -2.62. The van der Waals surface area contributed by atoms with E-state index in [1.165, 1.54) is 5.56 Å². The Kier molecular flexibility index (Phi) is 5.10. The number of hydrogen-bond donors (Lipinski definition) is 1. The summed E-state index contributed by atoms with van der Waals surface area (Å²) in [6, 6.07) is 8.29. The third-order valence-electron chi connectivity index (χ3n) is 5.34. The summed E-state index contributed by atoms with van der Waals surface area (Å²) in [5.41, 5.74) is 6.70. The first-order valence-corrected chi connectivity index (χ1v) is 10.1. The van der Waals surface area contributed by atoms with Crippen LogP contribution in [0.15, 0.2) is 28.8 Å². The first-order valence-electron chi connectivity index (χ1n) is 10.1. The molecule has 0 aliphatic heterocycles. The number of rotatable bonds is 2. The molecule has 4 nitrogen and oxygen atoms in total. The van der Waals surface area contributed by atoms with Crippen LogP contribution in [-0.4, -0.2) is 15.2 Å². The van der Waals surface area contributed by atoms with Gasteiger partial charge in [-0.15, -0.1) is 0 Å². The van der Waals surface area contributed by atoms with Crippen molar-refractivity contribution in [1.82, 2.24) is 10.1 Å². The van der Waals surface area contributed by atoms with Crippen molar-refractivity contribution in [3.63, 3.8) is 0 Å². The Bertz CT molecular complexity index is 1040. The molecule has 0 unspecified atom stereocenters. The molecular weight excluding hydrogens is 360 g/mol. The van der Waals surface area contributed by atoms with Crippen molar-refractivity contribution >= 4 is 0 Å². The molecule has 4 heteroatoms. The highest BCUT2D eigenvalue weighted by Crippen LogP contribution is 2.42. The summed E-state index contributed by atoms with van der Waals surface area (Å²) in [4.78, 5) is 4.67. The molecule has 0 saturated heterocycles. The second kappa shape index (κ2) is 7.01. The van der Waals surface area contributed by atoms with E-state index in [2.05, 4.69) is 90.7 Å². The lowest BCUT2D eigenvalue weighted by Gasteiger charge is -2.26. The normalized spacial score (nSPS) is 12.4. The van der Waals surface area contributed by atoms with E-state index in [4.69, 9.17) is 4.52 Å². The fraction of sp³-hybridized carbons (Fsp3) is 0.440. The van der Waals surface area contributed by atoms with Gasteiger partial charge in [0.2, 0.25) is 5.82 Å². The first-order chi connectivity index (χ1) is 13.3. The van der Waals surface area contributed by atoms with Gasteiger partial charge >= 0.3 is 0 Å². The third kappa shape index (κ3) is 4.07. The molecule has 0 aliphatic carbocycles. The fourth-order valence-corrected chi connectivity index (χ4v) is 3.77. The van der Waals surface area contributed by atoms with E-state index in [1.54, 1.807) is 0 Å². The van der Waals surface area contributed by atoms with Crippen molar-refractivity contribution in [3.8, 4) is 28.6 Å². The van der Waals surface area contributed by atoms with E-state index in [9.17, 15) is 5.11 Å². The Morgan fingerprint density at radius 3 is 1.93 bits per heavy atom. The largest absolute Gasteiger partial charge is 0.507 e. The third-order valence-corrected chi connectivity index (χ3v) is 5.34. The van der Waals surface area contributed by atoms with Crippen LogP contribution in [0.2, 0.25) is 0 Å². The Balaban J connectivity index is 2.21. The summed E-state index contributed by atoms with van der Waals surface area (Å²) in [6.07, 6.45) is 0. The molecule has 0 spiro atoms. The van der Waals surface area contributed by atoms with Gasteiger partial charge < -0.3 is 9.63 Å². The van der Waals surface area contributed by atoms with Crippen molar-refractivity contribution in [2.45, 2.75) is 73.1 Å². The highest BCUT2D eigenvalue weighted by molar-refractivity contribution is 5.71. The summed E-state index contributed by atoms with van der Waals surface area (Å²) < 4.78 is 5.64. The second-order valence-electron chi connectivity index (χ2n) is 10.1. The van der Waals surface area contributed by atoms with Crippen molar-refractivity contribution in [1.29, 1.82) is 0 Å². The van der Waals surface area contributed by atoms with E-state index in [0.29, 0.717) is 17.3 Å². The number of aromatic hydroxyl groups is 1. The zero-order valence-electron chi connectivity index (χ0n) is 19.1. The summed E-state index contributed by atoms with van der Waals surface area (Å²) in [5, 5.41) is 15.3. The minimum Gasteiger partial charge on any atom is -0.507 e. The summed E-state index contributed by atoms with van der Waals surface area (Å²) in [5.74, 6) is 1.10. The van der Waals surface area contributed by atoms with Crippen LogP contribution in [-0.2, 0) is 10.8 Å². The average molecular weight is 393 g/mol.